The Kier molecular flexibility index (Phi) is 5.05. The first-order valence-corrected chi connectivity index (χ1v) is 5.57. The molecular formula is C12H19FN2O. The van der Waals surface area contributed by atoms with E-state index in [2.05, 4.69) is 12.2 Å². The standard InChI is InChI=1S/C12H19FN2O/c1-2-9(6-7-16)8-15-11-5-3-4-10(13)12(11)14/h3-5,9,15-16H,2,6-8,14H2,1H3. The van der Waals surface area contributed by atoms with E-state index in [9.17, 15) is 4.39 Å². The van der Waals surface area contributed by atoms with Crippen molar-refractivity contribution in [3.05, 3.63) is 24.0 Å². The van der Waals surface area contributed by atoms with Gasteiger partial charge in [0.05, 0.1) is 11.4 Å². The lowest BCUT2D eigenvalue weighted by Crippen LogP contribution is -2.16. The molecule has 0 bridgehead atoms. The fourth-order valence-electron chi connectivity index (χ4n) is 1.58. The molecule has 0 aliphatic rings. The maximum Gasteiger partial charge on any atom is 0.148 e. The average molecular weight is 226 g/mol. The summed E-state index contributed by atoms with van der Waals surface area (Å²) in [6.45, 7) is 2.94. The van der Waals surface area contributed by atoms with Gasteiger partial charge in [-0.25, -0.2) is 4.39 Å². The molecule has 16 heavy (non-hydrogen) atoms. The van der Waals surface area contributed by atoms with Gasteiger partial charge in [-0.15, -0.1) is 0 Å². The van der Waals surface area contributed by atoms with Gasteiger partial charge in [0.25, 0.3) is 0 Å². The van der Waals surface area contributed by atoms with Crippen LogP contribution in [0.1, 0.15) is 19.8 Å². The zero-order valence-corrected chi connectivity index (χ0v) is 9.54. The van der Waals surface area contributed by atoms with Gasteiger partial charge in [-0.2, -0.15) is 0 Å². The molecule has 0 aliphatic heterocycles. The minimum Gasteiger partial charge on any atom is -0.396 e. The topological polar surface area (TPSA) is 58.3 Å². The zero-order valence-electron chi connectivity index (χ0n) is 9.54. The fraction of sp³-hybridized carbons (Fsp3) is 0.500. The van der Waals surface area contributed by atoms with E-state index < -0.39 is 5.82 Å². The van der Waals surface area contributed by atoms with Crippen molar-refractivity contribution in [1.29, 1.82) is 0 Å². The average Bonchev–Trinajstić information content (AvgIpc) is 2.29. The van der Waals surface area contributed by atoms with Crippen molar-refractivity contribution in [3.8, 4) is 0 Å². The number of rotatable bonds is 6. The van der Waals surface area contributed by atoms with E-state index in [1.807, 2.05) is 0 Å². The van der Waals surface area contributed by atoms with E-state index in [0.717, 1.165) is 12.8 Å². The fourth-order valence-corrected chi connectivity index (χ4v) is 1.58. The highest BCUT2D eigenvalue weighted by atomic mass is 19.1. The van der Waals surface area contributed by atoms with Crippen LogP contribution in [-0.2, 0) is 0 Å². The smallest absolute Gasteiger partial charge is 0.148 e. The third-order valence-electron chi connectivity index (χ3n) is 2.75. The number of aliphatic hydroxyl groups is 1. The minimum atomic E-state index is -0.403. The van der Waals surface area contributed by atoms with E-state index in [0.29, 0.717) is 18.2 Å². The quantitative estimate of drug-likeness (QED) is 0.652. The Balaban J connectivity index is 2.56. The second kappa shape index (κ2) is 6.33. The van der Waals surface area contributed by atoms with Crippen molar-refractivity contribution in [3.63, 3.8) is 0 Å². The monoisotopic (exact) mass is 226 g/mol. The highest BCUT2D eigenvalue weighted by Gasteiger charge is 2.08. The lowest BCUT2D eigenvalue weighted by atomic mass is 10.0. The molecule has 1 aromatic rings. The van der Waals surface area contributed by atoms with Crippen LogP contribution in [0, 0.1) is 11.7 Å². The van der Waals surface area contributed by atoms with Crippen LogP contribution in [0.15, 0.2) is 18.2 Å². The third kappa shape index (κ3) is 3.38. The predicted octanol–water partition coefficient (Wildman–Crippen LogP) is 2.23. The van der Waals surface area contributed by atoms with Gasteiger partial charge < -0.3 is 16.2 Å². The molecule has 0 saturated carbocycles. The van der Waals surface area contributed by atoms with Crippen molar-refractivity contribution < 1.29 is 9.50 Å². The second-order valence-corrected chi connectivity index (χ2v) is 3.87. The molecule has 0 aromatic heterocycles. The van der Waals surface area contributed by atoms with Crippen LogP contribution in [0.4, 0.5) is 15.8 Å². The molecule has 3 nitrogen and oxygen atoms in total. The van der Waals surface area contributed by atoms with Gasteiger partial charge in [0, 0.05) is 13.2 Å². The van der Waals surface area contributed by atoms with Crippen molar-refractivity contribution >= 4 is 11.4 Å². The molecule has 0 spiro atoms. The van der Waals surface area contributed by atoms with E-state index in [4.69, 9.17) is 10.8 Å². The Hall–Kier alpha value is -1.29. The molecule has 0 fully saturated rings. The van der Waals surface area contributed by atoms with Gasteiger partial charge in [-0.1, -0.05) is 19.4 Å². The van der Waals surface area contributed by atoms with Crippen LogP contribution in [0.3, 0.4) is 0 Å². The summed E-state index contributed by atoms with van der Waals surface area (Å²) < 4.78 is 13.1. The summed E-state index contributed by atoms with van der Waals surface area (Å²) in [5.74, 6) is -0.0205. The summed E-state index contributed by atoms with van der Waals surface area (Å²) in [6.07, 6.45) is 1.72. The van der Waals surface area contributed by atoms with Crippen LogP contribution in [-0.4, -0.2) is 18.3 Å². The van der Waals surface area contributed by atoms with Gasteiger partial charge >= 0.3 is 0 Å². The van der Waals surface area contributed by atoms with Crippen LogP contribution in [0.25, 0.3) is 0 Å². The molecule has 1 unspecified atom stereocenters. The number of nitrogens with one attached hydrogen (secondary N) is 1. The Morgan fingerprint density at radius 3 is 2.88 bits per heavy atom. The van der Waals surface area contributed by atoms with Crippen molar-refractivity contribution in [2.24, 2.45) is 5.92 Å². The van der Waals surface area contributed by atoms with Crippen LogP contribution < -0.4 is 11.1 Å². The summed E-state index contributed by atoms with van der Waals surface area (Å²) in [7, 11) is 0. The summed E-state index contributed by atoms with van der Waals surface area (Å²) >= 11 is 0. The predicted molar refractivity (Wildman–Crippen MR) is 64.8 cm³/mol. The number of hydrogen-bond donors (Lipinski definition) is 3. The highest BCUT2D eigenvalue weighted by molar-refractivity contribution is 5.66. The maximum absolute atomic E-state index is 13.1. The zero-order chi connectivity index (χ0) is 12.0. The Bertz CT molecular complexity index is 331. The molecule has 1 atom stereocenters. The molecule has 0 radical (unpaired) electrons. The third-order valence-corrected chi connectivity index (χ3v) is 2.75. The van der Waals surface area contributed by atoms with Crippen LogP contribution in [0.2, 0.25) is 0 Å². The number of benzene rings is 1. The lowest BCUT2D eigenvalue weighted by molar-refractivity contribution is 0.258. The van der Waals surface area contributed by atoms with Gasteiger partial charge in [0.1, 0.15) is 5.82 Å². The molecule has 1 aromatic carbocycles. The molecule has 4 heteroatoms. The number of nitrogens with two attached hydrogens (primary N) is 1. The Morgan fingerprint density at radius 1 is 1.50 bits per heavy atom. The van der Waals surface area contributed by atoms with Gasteiger partial charge in [0.2, 0.25) is 0 Å². The van der Waals surface area contributed by atoms with Crippen LogP contribution in [0.5, 0.6) is 0 Å². The summed E-state index contributed by atoms with van der Waals surface area (Å²) in [4.78, 5) is 0. The number of aliphatic hydroxyl groups excluding tert-OH is 1. The van der Waals surface area contributed by atoms with E-state index in [1.165, 1.54) is 6.07 Å². The summed E-state index contributed by atoms with van der Waals surface area (Å²) in [5, 5.41) is 12.0. The van der Waals surface area contributed by atoms with Crippen LogP contribution >= 0.6 is 0 Å². The van der Waals surface area contributed by atoms with E-state index >= 15 is 0 Å². The first-order valence-electron chi connectivity index (χ1n) is 5.57. The maximum atomic E-state index is 13.1. The molecule has 90 valence electrons. The van der Waals surface area contributed by atoms with E-state index in [-0.39, 0.29) is 12.3 Å². The minimum absolute atomic E-state index is 0.154. The largest absolute Gasteiger partial charge is 0.396 e. The second-order valence-electron chi connectivity index (χ2n) is 3.87. The van der Waals surface area contributed by atoms with E-state index in [1.54, 1.807) is 12.1 Å². The SMILES string of the molecule is CCC(CCO)CNc1cccc(F)c1N. The number of halogens is 1. The summed E-state index contributed by atoms with van der Waals surface area (Å²) in [5.41, 5.74) is 6.37. The van der Waals surface area contributed by atoms with Gasteiger partial charge in [0.15, 0.2) is 0 Å². The van der Waals surface area contributed by atoms with Crippen molar-refractivity contribution in [2.75, 3.05) is 24.2 Å². The number of hydrogen-bond acceptors (Lipinski definition) is 3. The van der Waals surface area contributed by atoms with Gasteiger partial charge in [-0.05, 0) is 24.5 Å². The molecular weight excluding hydrogens is 207 g/mol. The molecule has 4 N–H and O–H groups in total. The van der Waals surface area contributed by atoms with Gasteiger partial charge in [-0.3, -0.25) is 0 Å². The van der Waals surface area contributed by atoms with Crippen molar-refractivity contribution in [1.82, 2.24) is 0 Å². The summed E-state index contributed by atoms with van der Waals surface area (Å²) in [6, 6.07) is 4.72. The highest BCUT2D eigenvalue weighted by Crippen LogP contribution is 2.22. The normalized spacial score (nSPS) is 12.4. The molecule has 0 heterocycles. The molecule has 0 saturated heterocycles. The first-order chi connectivity index (χ1) is 7.69. The molecule has 1 rings (SSSR count). The van der Waals surface area contributed by atoms with Crippen molar-refractivity contribution in [2.45, 2.75) is 19.8 Å². The first kappa shape index (κ1) is 12.8. The number of nitrogen functional groups attached to an aromatic ring is 1. The Morgan fingerprint density at radius 2 is 2.25 bits per heavy atom. The number of anilines is 2. The molecule has 0 aliphatic carbocycles. The lowest BCUT2D eigenvalue weighted by Gasteiger charge is -2.16. The Labute approximate surface area is 95.5 Å². The number of para-hydroxylation sites is 1. The molecule has 0 amide bonds.